The molecule has 0 unspecified atom stereocenters. The minimum absolute atomic E-state index is 0.0508. The van der Waals surface area contributed by atoms with E-state index in [1.165, 1.54) is 24.3 Å². The number of hydrogen-bond acceptors (Lipinski definition) is 3. The highest BCUT2D eigenvalue weighted by molar-refractivity contribution is 7.91. The molecule has 6 nitrogen and oxygen atoms in total. The van der Waals surface area contributed by atoms with E-state index >= 15 is 0 Å². The number of amides is 2. The van der Waals surface area contributed by atoms with Crippen molar-refractivity contribution >= 4 is 21.6 Å². The molecule has 164 valence electrons. The first-order valence-corrected chi connectivity index (χ1v) is 11.3. The van der Waals surface area contributed by atoms with Gasteiger partial charge in [-0.2, -0.15) is 0 Å². The Balaban J connectivity index is 2.43. The third kappa shape index (κ3) is 5.65. The number of urea groups is 1. The molecule has 30 heavy (non-hydrogen) atoms. The molecule has 0 radical (unpaired) electrons. The minimum Gasteiger partial charge on any atom is -0.386 e. The van der Waals surface area contributed by atoms with Crippen molar-refractivity contribution in [2.75, 3.05) is 5.32 Å². The lowest BCUT2D eigenvalue weighted by atomic mass is 9.92. The van der Waals surface area contributed by atoms with Crippen molar-refractivity contribution in [3.8, 4) is 0 Å². The SMILES string of the molecule is CC(C)c1cc(F)cc(C(C)C)c1NC(=O)N=[S@](N)(=O)c1ccc(C(C)(C)O)cc1. The number of carbonyl (C=O) groups is 1. The first kappa shape index (κ1) is 24.0. The van der Waals surface area contributed by atoms with Gasteiger partial charge in [-0.3, -0.25) is 0 Å². The van der Waals surface area contributed by atoms with Gasteiger partial charge < -0.3 is 10.4 Å². The molecular weight excluding hydrogens is 405 g/mol. The summed E-state index contributed by atoms with van der Waals surface area (Å²) in [5.41, 5.74) is 1.26. The molecule has 0 aliphatic rings. The molecule has 4 N–H and O–H groups in total. The summed E-state index contributed by atoms with van der Waals surface area (Å²) in [4.78, 5) is 12.8. The maximum Gasteiger partial charge on any atom is 0.354 e. The Kier molecular flexibility index (Phi) is 7.06. The van der Waals surface area contributed by atoms with Crippen molar-refractivity contribution < 1.29 is 18.5 Å². The van der Waals surface area contributed by atoms with Gasteiger partial charge in [-0.05, 0) is 66.6 Å². The smallest absolute Gasteiger partial charge is 0.354 e. The summed E-state index contributed by atoms with van der Waals surface area (Å²) < 4.78 is 30.6. The Bertz CT molecular complexity index is 1020. The molecule has 0 heterocycles. The van der Waals surface area contributed by atoms with E-state index in [1.54, 1.807) is 26.0 Å². The second-order valence-corrected chi connectivity index (χ2v) is 10.2. The Labute approximate surface area is 178 Å². The first-order chi connectivity index (χ1) is 13.7. The van der Waals surface area contributed by atoms with Crippen LogP contribution in [0, 0.1) is 5.82 Å². The number of aliphatic hydroxyl groups is 1. The van der Waals surface area contributed by atoms with Gasteiger partial charge in [0.1, 0.15) is 15.7 Å². The molecule has 0 fully saturated rings. The van der Waals surface area contributed by atoms with Crippen molar-refractivity contribution in [1.82, 2.24) is 0 Å². The molecule has 8 heteroatoms. The minimum atomic E-state index is -3.51. The second kappa shape index (κ2) is 8.83. The summed E-state index contributed by atoms with van der Waals surface area (Å²) in [6, 6.07) is 8.01. The van der Waals surface area contributed by atoms with E-state index in [0.29, 0.717) is 22.4 Å². The van der Waals surface area contributed by atoms with E-state index in [2.05, 4.69) is 9.68 Å². The predicted octanol–water partition coefficient (Wildman–Crippen LogP) is 5.23. The fourth-order valence-corrected chi connectivity index (χ4v) is 3.99. The summed E-state index contributed by atoms with van der Waals surface area (Å²) in [5.74, 6) is -0.484. The molecule has 2 rings (SSSR count). The van der Waals surface area contributed by atoms with E-state index < -0.39 is 21.5 Å². The van der Waals surface area contributed by atoms with Crippen LogP contribution >= 0.6 is 0 Å². The monoisotopic (exact) mass is 435 g/mol. The zero-order valence-electron chi connectivity index (χ0n) is 18.2. The molecule has 1 atom stereocenters. The molecule has 2 aromatic rings. The van der Waals surface area contributed by atoms with Gasteiger partial charge in [0.2, 0.25) is 0 Å². The van der Waals surface area contributed by atoms with Crippen molar-refractivity contribution in [1.29, 1.82) is 0 Å². The Morgan fingerprint density at radius 3 is 1.97 bits per heavy atom. The fraction of sp³-hybridized carbons (Fsp3) is 0.409. The van der Waals surface area contributed by atoms with Gasteiger partial charge in [-0.15, -0.1) is 4.36 Å². The largest absolute Gasteiger partial charge is 0.386 e. The third-order valence-electron chi connectivity index (χ3n) is 4.76. The van der Waals surface area contributed by atoms with Crippen LogP contribution in [-0.2, 0) is 15.5 Å². The molecule has 0 saturated heterocycles. The zero-order chi connectivity index (χ0) is 22.9. The zero-order valence-corrected chi connectivity index (χ0v) is 19.0. The number of carbonyl (C=O) groups excluding carboxylic acids is 1. The second-order valence-electron chi connectivity index (χ2n) is 8.44. The van der Waals surface area contributed by atoms with Crippen LogP contribution in [0.5, 0.6) is 0 Å². The van der Waals surface area contributed by atoms with Crippen LogP contribution in [0.4, 0.5) is 14.9 Å². The Morgan fingerprint density at radius 2 is 1.57 bits per heavy atom. The molecule has 2 aromatic carbocycles. The van der Waals surface area contributed by atoms with Crippen LogP contribution < -0.4 is 10.5 Å². The van der Waals surface area contributed by atoms with Crippen LogP contribution in [0.25, 0.3) is 0 Å². The normalized spacial score (nSPS) is 14.0. The van der Waals surface area contributed by atoms with Gasteiger partial charge in [-0.25, -0.2) is 18.5 Å². The van der Waals surface area contributed by atoms with E-state index in [-0.39, 0.29) is 22.5 Å². The average molecular weight is 436 g/mol. The van der Waals surface area contributed by atoms with E-state index in [0.717, 1.165) is 0 Å². The Hall–Kier alpha value is -2.29. The molecule has 0 saturated carbocycles. The molecule has 0 spiro atoms. The average Bonchev–Trinajstić information content (AvgIpc) is 2.61. The van der Waals surface area contributed by atoms with Crippen molar-refractivity contribution in [2.24, 2.45) is 9.50 Å². The van der Waals surface area contributed by atoms with Crippen molar-refractivity contribution in [3.63, 3.8) is 0 Å². The topological polar surface area (TPSA) is 105 Å². The summed E-state index contributed by atoms with van der Waals surface area (Å²) in [5, 5.41) is 18.5. The van der Waals surface area contributed by atoms with Gasteiger partial charge in [0.05, 0.1) is 10.5 Å². The highest BCUT2D eigenvalue weighted by atomic mass is 32.2. The highest BCUT2D eigenvalue weighted by Crippen LogP contribution is 2.34. The van der Waals surface area contributed by atoms with Crippen LogP contribution in [0.3, 0.4) is 0 Å². The summed E-state index contributed by atoms with van der Waals surface area (Å²) in [6.45, 7) is 10.8. The predicted molar refractivity (Wildman–Crippen MR) is 118 cm³/mol. The lowest BCUT2D eigenvalue weighted by Gasteiger charge is -2.20. The quantitative estimate of drug-likeness (QED) is 0.598. The summed E-state index contributed by atoms with van der Waals surface area (Å²) >= 11 is 0. The standard InChI is InChI=1S/C22H30FN3O3S/c1-13(2)18-11-16(23)12-19(14(3)4)20(18)25-21(27)26-30(24,29)17-9-7-15(8-10-17)22(5,6)28/h7-14,28H,1-6H3,(H3,24,25,26,27,29)/t30-/m0/s1. The van der Waals surface area contributed by atoms with Gasteiger partial charge in [0.25, 0.3) is 0 Å². The number of benzene rings is 2. The number of nitrogens with two attached hydrogens (primary N) is 1. The molecular formula is C22H30FN3O3S. The van der Waals surface area contributed by atoms with Crippen LogP contribution in [0.15, 0.2) is 45.7 Å². The van der Waals surface area contributed by atoms with E-state index in [1.807, 2.05) is 27.7 Å². The maximum absolute atomic E-state index is 14.1. The molecule has 0 aromatic heterocycles. The molecule has 2 amide bonds. The lowest BCUT2D eigenvalue weighted by molar-refractivity contribution is 0.0785. The number of nitrogens with zero attached hydrogens (tertiary/aromatic N) is 1. The first-order valence-electron chi connectivity index (χ1n) is 9.74. The molecule has 0 bridgehead atoms. The summed E-state index contributed by atoms with van der Waals surface area (Å²) in [6.07, 6.45) is 0. The van der Waals surface area contributed by atoms with Crippen LogP contribution in [-0.4, -0.2) is 15.3 Å². The van der Waals surface area contributed by atoms with Gasteiger partial charge in [-0.1, -0.05) is 39.8 Å². The number of halogens is 1. The van der Waals surface area contributed by atoms with Crippen LogP contribution in [0.2, 0.25) is 0 Å². The fourth-order valence-electron chi connectivity index (χ4n) is 3.07. The molecule has 0 aliphatic carbocycles. The number of nitrogens with one attached hydrogen (secondary N) is 1. The van der Waals surface area contributed by atoms with Crippen molar-refractivity contribution in [3.05, 3.63) is 58.9 Å². The van der Waals surface area contributed by atoms with Gasteiger partial charge >= 0.3 is 6.03 Å². The maximum atomic E-state index is 14.1. The van der Waals surface area contributed by atoms with E-state index in [9.17, 15) is 18.5 Å². The highest BCUT2D eigenvalue weighted by Gasteiger charge is 2.20. The lowest BCUT2D eigenvalue weighted by Crippen LogP contribution is -2.20. The van der Waals surface area contributed by atoms with Gasteiger partial charge in [0, 0.05) is 5.69 Å². The summed E-state index contributed by atoms with van der Waals surface area (Å²) in [7, 11) is -3.51. The van der Waals surface area contributed by atoms with Gasteiger partial charge in [0.15, 0.2) is 0 Å². The number of rotatable bonds is 5. The number of anilines is 1. The third-order valence-corrected chi connectivity index (χ3v) is 6.14. The van der Waals surface area contributed by atoms with Crippen molar-refractivity contribution in [2.45, 2.75) is 63.9 Å². The van der Waals surface area contributed by atoms with E-state index in [4.69, 9.17) is 5.14 Å². The Morgan fingerprint density at radius 1 is 1.10 bits per heavy atom. The van der Waals surface area contributed by atoms with Crippen LogP contribution in [0.1, 0.15) is 70.1 Å². The number of hydrogen-bond donors (Lipinski definition) is 3. The molecule has 0 aliphatic heterocycles.